The van der Waals surface area contributed by atoms with Gasteiger partial charge in [-0.1, -0.05) is 20.3 Å². The van der Waals surface area contributed by atoms with Crippen LogP contribution in [0.5, 0.6) is 0 Å². The van der Waals surface area contributed by atoms with Crippen LogP contribution in [-0.2, 0) is 14.3 Å². The van der Waals surface area contributed by atoms with Gasteiger partial charge in [-0.15, -0.1) is 0 Å². The molecule has 1 saturated heterocycles. The van der Waals surface area contributed by atoms with Crippen LogP contribution in [-0.4, -0.2) is 35.7 Å². The number of hydrogen-bond donors (Lipinski definition) is 2. The highest BCUT2D eigenvalue weighted by Gasteiger charge is 2.29. The summed E-state index contributed by atoms with van der Waals surface area (Å²) in [6.45, 7) is 4.52. The molecule has 1 aliphatic heterocycles. The summed E-state index contributed by atoms with van der Waals surface area (Å²) < 4.78 is 5.51. The molecule has 1 fully saturated rings. The Morgan fingerprint density at radius 1 is 1.44 bits per heavy atom. The Morgan fingerprint density at radius 3 is 2.72 bits per heavy atom. The van der Waals surface area contributed by atoms with E-state index in [9.17, 15) is 9.59 Å². The number of amides is 1. The molecule has 0 aliphatic carbocycles. The summed E-state index contributed by atoms with van der Waals surface area (Å²) in [7, 11) is 0. The molecule has 0 radical (unpaired) electrons. The molecule has 1 aliphatic rings. The Morgan fingerprint density at radius 2 is 2.17 bits per heavy atom. The summed E-state index contributed by atoms with van der Waals surface area (Å²) >= 11 is 0. The second-order valence-corrected chi connectivity index (χ2v) is 4.81. The number of carbonyl (C=O) groups is 2. The Hall–Kier alpha value is -1.10. The maximum absolute atomic E-state index is 12.0. The van der Waals surface area contributed by atoms with Gasteiger partial charge in [-0.05, 0) is 25.7 Å². The SMILES string of the molecule is CCCC(NC(=O)C1CCOC(CC)C1)C(=O)O. The Bertz CT molecular complexity index is 293. The summed E-state index contributed by atoms with van der Waals surface area (Å²) in [5, 5.41) is 11.6. The van der Waals surface area contributed by atoms with Crippen LogP contribution in [0.3, 0.4) is 0 Å². The van der Waals surface area contributed by atoms with E-state index >= 15 is 0 Å². The van der Waals surface area contributed by atoms with Crippen LogP contribution >= 0.6 is 0 Å². The number of carboxylic acids is 1. The van der Waals surface area contributed by atoms with Crippen molar-refractivity contribution >= 4 is 11.9 Å². The molecule has 0 aromatic rings. The van der Waals surface area contributed by atoms with Gasteiger partial charge in [-0.25, -0.2) is 4.79 Å². The average Bonchev–Trinajstić information content (AvgIpc) is 2.38. The third-order valence-electron chi connectivity index (χ3n) is 3.39. The van der Waals surface area contributed by atoms with Crippen LogP contribution in [0.1, 0.15) is 46.0 Å². The predicted octanol–water partition coefficient (Wildman–Crippen LogP) is 1.56. The van der Waals surface area contributed by atoms with E-state index < -0.39 is 12.0 Å². The van der Waals surface area contributed by atoms with Crippen LogP contribution in [0.4, 0.5) is 0 Å². The van der Waals surface area contributed by atoms with E-state index in [1.165, 1.54) is 0 Å². The second kappa shape index (κ2) is 7.36. The number of carboxylic acid groups (broad SMARTS) is 1. The van der Waals surface area contributed by atoms with Gasteiger partial charge >= 0.3 is 5.97 Å². The first kappa shape index (κ1) is 15.0. The molecule has 0 spiro atoms. The smallest absolute Gasteiger partial charge is 0.326 e. The van der Waals surface area contributed by atoms with Crippen molar-refractivity contribution in [2.45, 2.75) is 58.1 Å². The normalized spacial score (nSPS) is 25.4. The summed E-state index contributed by atoms with van der Waals surface area (Å²) in [6.07, 6.45) is 3.61. The van der Waals surface area contributed by atoms with Gasteiger partial charge in [0.2, 0.25) is 5.91 Å². The molecule has 3 atom stereocenters. The Labute approximate surface area is 108 Å². The molecular weight excluding hydrogens is 234 g/mol. The molecule has 0 aromatic heterocycles. The van der Waals surface area contributed by atoms with Crippen LogP contribution < -0.4 is 5.32 Å². The summed E-state index contributed by atoms with van der Waals surface area (Å²) in [6, 6.07) is -0.759. The monoisotopic (exact) mass is 257 g/mol. The summed E-state index contributed by atoms with van der Waals surface area (Å²) in [5.74, 6) is -1.20. The lowest BCUT2D eigenvalue weighted by molar-refractivity contribution is -0.143. The highest BCUT2D eigenvalue weighted by atomic mass is 16.5. The first-order valence-corrected chi connectivity index (χ1v) is 6.73. The van der Waals surface area contributed by atoms with Crippen molar-refractivity contribution in [3.63, 3.8) is 0 Å². The van der Waals surface area contributed by atoms with Crippen LogP contribution in [0.25, 0.3) is 0 Å². The maximum Gasteiger partial charge on any atom is 0.326 e. The van der Waals surface area contributed by atoms with E-state index in [1.54, 1.807) is 0 Å². The van der Waals surface area contributed by atoms with Crippen LogP contribution in [0, 0.1) is 5.92 Å². The molecule has 5 heteroatoms. The van der Waals surface area contributed by atoms with Crippen molar-refractivity contribution < 1.29 is 19.4 Å². The van der Waals surface area contributed by atoms with Gasteiger partial charge in [-0.2, -0.15) is 0 Å². The zero-order valence-electron chi connectivity index (χ0n) is 11.1. The minimum atomic E-state index is -0.954. The van der Waals surface area contributed by atoms with E-state index in [4.69, 9.17) is 9.84 Å². The van der Waals surface area contributed by atoms with Gasteiger partial charge in [-0.3, -0.25) is 4.79 Å². The van der Waals surface area contributed by atoms with E-state index in [0.717, 1.165) is 12.8 Å². The molecule has 1 rings (SSSR count). The second-order valence-electron chi connectivity index (χ2n) is 4.81. The van der Waals surface area contributed by atoms with Gasteiger partial charge in [0.1, 0.15) is 6.04 Å². The van der Waals surface area contributed by atoms with E-state index in [-0.39, 0.29) is 17.9 Å². The van der Waals surface area contributed by atoms with E-state index in [2.05, 4.69) is 5.32 Å². The molecule has 0 bridgehead atoms. The summed E-state index contributed by atoms with van der Waals surface area (Å²) in [5.41, 5.74) is 0. The van der Waals surface area contributed by atoms with E-state index in [0.29, 0.717) is 25.9 Å². The number of aliphatic carboxylic acids is 1. The fraction of sp³-hybridized carbons (Fsp3) is 0.846. The van der Waals surface area contributed by atoms with Crippen molar-refractivity contribution in [1.82, 2.24) is 5.32 Å². The standard InChI is InChI=1S/C13H23NO4/c1-3-5-11(13(16)17)14-12(15)9-6-7-18-10(4-2)8-9/h9-11H,3-8H2,1-2H3,(H,14,15)(H,16,17). The molecule has 18 heavy (non-hydrogen) atoms. The van der Waals surface area contributed by atoms with Crippen molar-refractivity contribution in [3.8, 4) is 0 Å². The Balaban J connectivity index is 2.50. The molecular formula is C13H23NO4. The lowest BCUT2D eigenvalue weighted by atomic mass is 9.93. The molecule has 2 N–H and O–H groups in total. The molecule has 104 valence electrons. The van der Waals surface area contributed by atoms with Gasteiger partial charge in [0, 0.05) is 12.5 Å². The maximum atomic E-state index is 12.0. The van der Waals surface area contributed by atoms with E-state index in [1.807, 2.05) is 13.8 Å². The van der Waals surface area contributed by atoms with Gasteiger partial charge in [0.25, 0.3) is 0 Å². The third kappa shape index (κ3) is 4.29. The number of carbonyl (C=O) groups excluding carboxylic acids is 1. The van der Waals surface area contributed by atoms with Gasteiger partial charge in [0.15, 0.2) is 0 Å². The lowest BCUT2D eigenvalue weighted by Crippen LogP contribution is -2.45. The van der Waals surface area contributed by atoms with Crippen LogP contribution in [0.15, 0.2) is 0 Å². The lowest BCUT2D eigenvalue weighted by Gasteiger charge is -2.29. The summed E-state index contributed by atoms with van der Waals surface area (Å²) in [4.78, 5) is 23.0. The van der Waals surface area contributed by atoms with Crippen molar-refractivity contribution in [1.29, 1.82) is 0 Å². The zero-order valence-corrected chi connectivity index (χ0v) is 11.1. The van der Waals surface area contributed by atoms with Crippen molar-refractivity contribution in [2.75, 3.05) is 6.61 Å². The highest BCUT2D eigenvalue weighted by Crippen LogP contribution is 2.22. The topological polar surface area (TPSA) is 75.6 Å². The average molecular weight is 257 g/mol. The van der Waals surface area contributed by atoms with Gasteiger partial charge in [0.05, 0.1) is 6.10 Å². The largest absolute Gasteiger partial charge is 0.480 e. The molecule has 1 heterocycles. The molecule has 0 saturated carbocycles. The van der Waals surface area contributed by atoms with Crippen LogP contribution in [0.2, 0.25) is 0 Å². The first-order chi connectivity index (χ1) is 8.58. The molecule has 1 amide bonds. The highest BCUT2D eigenvalue weighted by molar-refractivity contribution is 5.85. The fourth-order valence-corrected chi connectivity index (χ4v) is 2.24. The fourth-order valence-electron chi connectivity index (χ4n) is 2.24. The third-order valence-corrected chi connectivity index (χ3v) is 3.39. The number of nitrogens with one attached hydrogen (secondary N) is 1. The number of ether oxygens (including phenoxy) is 1. The first-order valence-electron chi connectivity index (χ1n) is 6.73. The van der Waals surface area contributed by atoms with Crippen molar-refractivity contribution in [3.05, 3.63) is 0 Å². The molecule has 5 nitrogen and oxygen atoms in total. The van der Waals surface area contributed by atoms with Crippen molar-refractivity contribution in [2.24, 2.45) is 5.92 Å². The number of hydrogen-bond acceptors (Lipinski definition) is 3. The van der Waals surface area contributed by atoms with Gasteiger partial charge < -0.3 is 15.2 Å². The Kier molecular flexibility index (Phi) is 6.12. The minimum absolute atomic E-state index is 0.109. The zero-order chi connectivity index (χ0) is 13.5. The number of rotatable bonds is 6. The quantitative estimate of drug-likeness (QED) is 0.757. The predicted molar refractivity (Wildman–Crippen MR) is 67.2 cm³/mol. The molecule has 3 unspecified atom stereocenters. The molecule has 0 aromatic carbocycles. The minimum Gasteiger partial charge on any atom is -0.480 e.